The van der Waals surface area contributed by atoms with Crippen LogP contribution in [0.1, 0.15) is 31.4 Å². The molecule has 100 valence electrons. The topological polar surface area (TPSA) is 61.7 Å². The minimum atomic E-state index is 0.0272. The largest absolute Gasteiger partial charge is 0.508 e. The van der Waals surface area contributed by atoms with Crippen molar-refractivity contribution in [3.8, 4) is 11.5 Å². The third-order valence-electron chi connectivity index (χ3n) is 3.50. The summed E-state index contributed by atoms with van der Waals surface area (Å²) in [6.07, 6.45) is 2.23. The fourth-order valence-corrected chi connectivity index (χ4v) is 2.31. The molecule has 1 fully saturated rings. The van der Waals surface area contributed by atoms with Gasteiger partial charge in [0.25, 0.3) is 0 Å². The van der Waals surface area contributed by atoms with Crippen molar-refractivity contribution in [3.63, 3.8) is 0 Å². The van der Waals surface area contributed by atoms with E-state index in [1.807, 2.05) is 6.92 Å². The van der Waals surface area contributed by atoms with Gasteiger partial charge in [0.1, 0.15) is 11.5 Å². The van der Waals surface area contributed by atoms with Gasteiger partial charge in [-0.1, -0.05) is 0 Å². The Morgan fingerprint density at radius 2 is 2.28 bits per heavy atom. The number of benzene rings is 1. The van der Waals surface area contributed by atoms with E-state index in [-0.39, 0.29) is 17.5 Å². The third-order valence-corrected chi connectivity index (χ3v) is 3.50. The molecule has 0 amide bonds. The van der Waals surface area contributed by atoms with Crippen LogP contribution < -0.4 is 5.32 Å². The van der Waals surface area contributed by atoms with Crippen LogP contribution in [0.3, 0.4) is 0 Å². The molecule has 1 heterocycles. The third kappa shape index (κ3) is 3.37. The van der Waals surface area contributed by atoms with E-state index in [0.29, 0.717) is 5.92 Å². The van der Waals surface area contributed by atoms with Crippen molar-refractivity contribution < 1.29 is 14.9 Å². The number of hydrogen-bond acceptors (Lipinski definition) is 4. The van der Waals surface area contributed by atoms with Crippen LogP contribution in [-0.2, 0) is 4.74 Å². The number of phenolic OH excluding ortho intramolecular Hbond substituents is 2. The molecule has 0 aliphatic carbocycles. The fraction of sp³-hybridized carbons (Fsp3) is 0.571. The lowest BCUT2D eigenvalue weighted by Gasteiger charge is -2.17. The minimum Gasteiger partial charge on any atom is -0.508 e. The predicted octanol–water partition coefficient (Wildman–Crippen LogP) is 2.18. The van der Waals surface area contributed by atoms with Crippen molar-refractivity contribution in [2.24, 2.45) is 5.92 Å². The number of rotatable bonds is 5. The van der Waals surface area contributed by atoms with Crippen LogP contribution in [0, 0.1) is 5.92 Å². The Bertz CT molecular complexity index is 389. The molecule has 3 N–H and O–H groups in total. The maximum absolute atomic E-state index is 9.75. The van der Waals surface area contributed by atoms with Crippen molar-refractivity contribution in [1.82, 2.24) is 5.32 Å². The Kier molecular flexibility index (Phi) is 4.44. The summed E-state index contributed by atoms with van der Waals surface area (Å²) in [5, 5.41) is 22.5. The van der Waals surface area contributed by atoms with Crippen LogP contribution in [0.25, 0.3) is 0 Å². The molecule has 0 saturated carbocycles. The number of ether oxygens (including phenoxy) is 1. The summed E-state index contributed by atoms with van der Waals surface area (Å²) in [6.45, 7) is 4.63. The van der Waals surface area contributed by atoms with E-state index in [0.717, 1.165) is 38.2 Å². The first-order chi connectivity index (χ1) is 8.66. The van der Waals surface area contributed by atoms with Gasteiger partial charge in [-0.3, -0.25) is 0 Å². The maximum Gasteiger partial charge on any atom is 0.120 e. The first-order valence-electron chi connectivity index (χ1n) is 6.50. The molecule has 0 aromatic heterocycles. The highest BCUT2D eigenvalue weighted by atomic mass is 16.5. The van der Waals surface area contributed by atoms with Gasteiger partial charge < -0.3 is 20.3 Å². The molecule has 1 aromatic rings. The molecule has 0 radical (unpaired) electrons. The lowest BCUT2D eigenvalue weighted by molar-refractivity contribution is 0.184. The zero-order valence-electron chi connectivity index (χ0n) is 10.7. The first kappa shape index (κ1) is 13.2. The Hall–Kier alpha value is -1.26. The van der Waals surface area contributed by atoms with Crippen molar-refractivity contribution >= 4 is 0 Å². The molecule has 4 nitrogen and oxygen atoms in total. The van der Waals surface area contributed by atoms with E-state index in [2.05, 4.69) is 5.32 Å². The molecule has 0 bridgehead atoms. The van der Waals surface area contributed by atoms with E-state index in [4.69, 9.17) is 4.74 Å². The minimum absolute atomic E-state index is 0.0272. The molecule has 2 unspecified atom stereocenters. The highest BCUT2D eigenvalue weighted by molar-refractivity contribution is 5.40. The smallest absolute Gasteiger partial charge is 0.120 e. The normalized spacial score (nSPS) is 21.1. The second kappa shape index (κ2) is 6.07. The average Bonchev–Trinajstić information content (AvgIpc) is 2.85. The van der Waals surface area contributed by atoms with Crippen LogP contribution >= 0.6 is 0 Å². The number of phenols is 2. The van der Waals surface area contributed by atoms with Crippen LogP contribution in [0.4, 0.5) is 0 Å². The monoisotopic (exact) mass is 251 g/mol. The molecular formula is C14H21NO3. The summed E-state index contributed by atoms with van der Waals surface area (Å²) in [4.78, 5) is 0. The number of aromatic hydroxyl groups is 2. The molecular weight excluding hydrogens is 230 g/mol. The molecule has 2 rings (SSSR count). The highest BCUT2D eigenvalue weighted by Crippen LogP contribution is 2.27. The molecule has 1 aliphatic heterocycles. The summed E-state index contributed by atoms with van der Waals surface area (Å²) in [7, 11) is 0. The van der Waals surface area contributed by atoms with Crippen molar-refractivity contribution in [3.05, 3.63) is 23.8 Å². The highest BCUT2D eigenvalue weighted by Gasteiger charge is 2.16. The van der Waals surface area contributed by atoms with E-state index < -0.39 is 0 Å². The SMILES string of the molecule is CC(NCCC1CCOC1)c1cc(O)ccc1O. The van der Waals surface area contributed by atoms with Gasteiger partial charge in [-0.05, 0) is 50.4 Å². The van der Waals surface area contributed by atoms with Gasteiger partial charge in [0, 0.05) is 24.8 Å². The van der Waals surface area contributed by atoms with Crippen molar-refractivity contribution in [2.75, 3.05) is 19.8 Å². The van der Waals surface area contributed by atoms with Gasteiger partial charge in [-0.25, -0.2) is 0 Å². The van der Waals surface area contributed by atoms with Crippen LogP contribution in [0.2, 0.25) is 0 Å². The molecule has 0 spiro atoms. The van der Waals surface area contributed by atoms with Crippen LogP contribution in [0.15, 0.2) is 18.2 Å². The predicted molar refractivity (Wildman–Crippen MR) is 69.7 cm³/mol. The zero-order chi connectivity index (χ0) is 13.0. The fourth-order valence-electron chi connectivity index (χ4n) is 2.31. The molecule has 18 heavy (non-hydrogen) atoms. The maximum atomic E-state index is 9.75. The Morgan fingerprint density at radius 3 is 3.00 bits per heavy atom. The molecule has 2 atom stereocenters. The van der Waals surface area contributed by atoms with Crippen LogP contribution in [0.5, 0.6) is 11.5 Å². The standard InChI is InChI=1S/C14H21NO3/c1-10(13-8-12(16)2-3-14(13)17)15-6-4-11-5-7-18-9-11/h2-3,8,10-11,15-17H,4-7,9H2,1H3. The van der Waals surface area contributed by atoms with E-state index >= 15 is 0 Å². The van der Waals surface area contributed by atoms with Gasteiger partial charge in [0.15, 0.2) is 0 Å². The second-order valence-corrected chi connectivity index (χ2v) is 4.94. The quantitative estimate of drug-likeness (QED) is 0.702. The van der Waals surface area contributed by atoms with Gasteiger partial charge in [-0.15, -0.1) is 0 Å². The summed E-state index contributed by atoms with van der Waals surface area (Å²) in [5.41, 5.74) is 0.734. The summed E-state index contributed by atoms with van der Waals surface area (Å²) in [6, 6.07) is 4.64. The van der Waals surface area contributed by atoms with Gasteiger partial charge >= 0.3 is 0 Å². The molecule has 4 heteroatoms. The van der Waals surface area contributed by atoms with Crippen LogP contribution in [-0.4, -0.2) is 30.0 Å². The van der Waals surface area contributed by atoms with Crippen molar-refractivity contribution in [2.45, 2.75) is 25.8 Å². The lowest BCUT2D eigenvalue weighted by Crippen LogP contribution is -2.22. The molecule has 1 aromatic carbocycles. The van der Waals surface area contributed by atoms with Crippen molar-refractivity contribution in [1.29, 1.82) is 0 Å². The lowest BCUT2D eigenvalue weighted by atomic mass is 10.0. The second-order valence-electron chi connectivity index (χ2n) is 4.94. The molecule has 1 saturated heterocycles. The number of hydrogen-bond donors (Lipinski definition) is 3. The van der Waals surface area contributed by atoms with Gasteiger partial charge in [0.05, 0.1) is 0 Å². The Morgan fingerprint density at radius 1 is 1.44 bits per heavy atom. The van der Waals surface area contributed by atoms with E-state index in [1.165, 1.54) is 12.1 Å². The van der Waals surface area contributed by atoms with Gasteiger partial charge in [0.2, 0.25) is 0 Å². The van der Waals surface area contributed by atoms with E-state index in [1.54, 1.807) is 6.07 Å². The Balaban J connectivity index is 1.83. The summed E-state index contributed by atoms with van der Waals surface area (Å²) >= 11 is 0. The van der Waals surface area contributed by atoms with E-state index in [9.17, 15) is 10.2 Å². The molecule has 1 aliphatic rings. The first-order valence-corrected chi connectivity index (χ1v) is 6.50. The summed E-state index contributed by atoms with van der Waals surface area (Å²) < 4.78 is 5.33. The summed E-state index contributed by atoms with van der Waals surface area (Å²) in [5.74, 6) is 1.06. The zero-order valence-corrected chi connectivity index (χ0v) is 10.7. The Labute approximate surface area is 108 Å². The van der Waals surface area contributed by atoms with Gasteiger partial charge in [-0.2, -0.15) is 0 Å². The number of nitrogens with one attached hydrogen (secondary N) is 1. The average molecular weight is 251 g/mol.